The molecule has 1 aromatic carbocycles. The molecular weight excluding hydrogens is 218 g/mol. The van der Waals surface area contributed by atoms with Crippen LogP contribution in [0.15, 0.2) is 24.3 Å². The van der Waals surface area contributed by atoms with E-state index in [1.807, 2.05) is 38.1 Å². The lowest BCUT2D eigenvalue weighted by Gasteiger charge is -2.11. The van der Waals surface area contributed by atoms with Gasteiger partial charge >= 0.3 is 5.97 Å². The topological polar surface area (TPSA) is 58.6 Å². The van der Waals surface area contributed by atoms with Crippen molar-refractivity contribution in [3.8, 4) is 5.75 Å². The molecule has 4 nitrogen and oxygen atoms in total. The number of carboxylic acids is 1. The zero-order valence-corrected chi connectivity index (χ0v) is 10.3. The van der Waals surface area contributed by atoms with E-state index >= 15 is 0 Å². The number of rotatable bonds is 7. The van der Waals surface area contributed by atoms with Gasteiger partial charge in [-0.25, -0.2) is 0 Å². The summed E-state index contributed by atoms with van der Waals surface area (Å²) in [6, 6.07) is 7.67. The maximum atomic E-state index is 10.3. The average Bonchev–Trinajstić information content (AvgIpc) is 2.24. The third kappa shape index (κ3) is 5.80. The van der Waals surface area contributed by atoms with Crippen molar-refractivity contribution in [2.75, 3.05) is 11.9 Å². The first-order valence-electron chi connectivity index (χ1n) is 5.80. The van der Waals surface area contributed by atoms with Crippen LogP contribution in [0.25, 0.3) is 0 Å². The van der Waals surface area contributed by atoms with Gasteiger partial charge in [-0.1, -0.05) is 6.07 Å². The SMILES string of the molecule is CC(C)Oc1cccc(NCCCC(=O)O)c1. The molecule has 0 aliphatic rings. The highest BCUT2D eigenvalue weighted by Gasteiger charge is 2.00. The number of benzene rings is 1. The minimum Gasteiger partial charge on any atom is -0.491 e. The quantitative estimate of drug-likeness (QED) is 0.716. The Kier molecular flexibility index (Phi) is 5.33. The Morgan fingerprint density at radius 3 is 2.88 bits per heavy atom. The molecule has 0 saturated heterocycles. The summed E-state index contributed by atoms with van der Waals surface area (Å²) >= 11 is 0. The Morgan fingerprint density at radius 1 is 1.47 bits per heavy atom. The van der Waals surface area contributed by atoms with Gasteiger partial charge in [0.15, 0.2) is 0 Å². The second-order valence-corrected chi connectivity index (χ2v) is 4.12. The zero-order chi connectivity index (χ0) is 12.7. The number of carboxylic acid groups (broad SMARTS) is 1. The Balaban J connectivity index is 2.40. The van der Waals surface area contributed by atoms with Crippen LogP contribution in [0.1, 0.15) is 26.7 Å². The largest absolute Gasteiger partial charge is 0.491 e. The summed E-state index contributed by atoms with van der Waals surface area (Å²) in [5.41, 5.74) is 0.952. The number of aliphatic carboxylic acids is 1. The van der Waals surface area contributed by atoms with Crippen molar-refractivity contribution in [2.45, 2.75) is 32.8 Å². The lowest BCUT2D eigenvalue weighted by Crippen LogP contribution is -2.07. The molecule has 1 rings (SSSR count). The summed E-state index contributed by atoms with van der Waals surface area (Å²) in [6.07, 6.45) is 0.956. The van der Waals surface area contributed by atoms with Crippen molar-refractivity contribution in [3.05, 3.63) is 24.3 Å². The van der Waals surface area contributed by atoms with Gasteiger partial charge < -0.3 is 15.2 Å². The lowest BCUT2D eigenvalue weighted by molar-refractivity contribution is -0.137. The van der Waals surface area contributed by atoms with Crippen molar-refractivity contribution in [1.29, 1.82) is 0 Å². The summed E-state index contributed by atoms with van der Waals surface area (Å²) in [4.78, 5) is 10.3. The molecule has 4 heteroatoms. The number of anilines is 1. The van der Waals surface area contributed by atoms with Crippen molar-refractivity contribution in [2.24, 2.45) is 0 Å². The van der Waals surface area contributed by atoms with Gasteiger partial charge in [0.1, 0.15) is 5.75 Å². The summed E-state index contributed by atoms with van der Waals surface area (Å²) in [7, 11) is 0. The van der Waals surface area contributed by atoms with E-state index < -0.39 is 5.97 Å². The highest BCUT2D eigenvalue weighted by Crippen LogP contribution is 2.18. The Bertz CT molecular complexity index is 363. The van der Waals surface area contributed by atoms with Crippen molar-refractivity contribution in [1.82, 2.24) is 0 Å². The van der Waals surface area contributed by atoms with E-state index in [2.05, 4.69) is 5.32 Å². The van der Waals surface area contributed by atoms with Crippen molar-refractivity contribution in [3.63, 3.8) is 0 Å². The predicted molar refractivity (Wildman–Crippen MR) is 67.6 cm³/mol. The van der Waals surface area contributed by atoms with E-state index in [0.717, 1.165) is 11.4 Å². The van der Waals surface area contributed by atoms with Gasteiger partial charge in [-0.3, -0.25) is 4.79 Å². The Hall–Kier alpha value is -1.71. The first-order valence-corrected chi connectivity index (χ1v) is 5.80. The second-order valence-electron chi connectivity index (χ2n) is 4.12. The molecule has 0 unspecified atom stereocenters. The van der Waals surface area contributed by atoms with Crippen LogP contribution in [-0.2, 0) is 4.79 Å². The van der Waals surface area contributed by atoms with Gasteiger partial charge in [-0.2, -0.15) is 0 Å². The molecule has 1 aromatic rings. The van der Waals surface area contributed by atoms with Crippen LogP contribution >= 0.6 is 0 Å². The van der Waals surface area contributed by atoms with Crippen molar-refractivity contribution >= 4 is 11.7 Å². The van der Waals surface area contributed by atoms with Crippen LogP contribution in [0.5, 0.6) is 5.75 Å². The van der Waals surface area contributed by atoms with E-state index in [4.69, 9.17) is 9.84 Å². The highest BCUT2D eigenvalue weighted by molar-refractivity contribution is 5.66. The van der Waals surface area contributed by atoms with Gasteiger partial charge in [0, 0.05) is 24.7 Å². The molecule has 0 bridgehead atoms. The number of hydrogen-bond acceptors (Lipinski definition) is 3. The van der Waals surface area contributed by atoms with Crippen LogP contribution in [0.3, 0.4) is 0 Å². The second kappa shape index (κ2) is 6.78. The van der Waals surface area contributed by atoms with Crippen LogP contribution < -0.4 is 10.1 Å². The Morgan fingerprint density at radius 2 is 2.24 bits per heavy atom. The molecule has 0 saturated carbocycles. The number of nitrogens with one attached hydrogen (secondary N) is 1. The smallest absolute Gasteiger partial charge is 0.303 e. The van der Waals surface area contributed by atoms with E-state index in [9.17, 15) is 4.79 Å². The molecule has 2 N–H and O–H groups in total. The molecule has 0 spiro atoms. The molecule has 0 atom stereocenters. The van der Waals surface area contributed by atoms with Crippen LogP contribution in [0.4, 0.5) is 5.69 Å². The predicted octanol–water partition coefficient (Wildman–Crippen LogP) is 2.75. The summed E-state index contributed by atoms with van der Waals surface area (Å²) in [6.45, 7) is 4.61. The zero-order valence-electron chi connectivity index (χ0n) is 10.3. The number of carbonyl (C=O) groups is 1. The third-order valence-electron chi connectivity index (χ3n) is 2.10. The van der Waals surface area contributed by atoms with E-state index in [1.165, 1.54) is 0 Å². The van der Waals surface area contributed by atoms with Gasteiger partial charge in [0.2, 0.25) is 0 Å². The molecule has 0 aliphatic carbocycles. The van der Waals surface area contributed by atoms with E-state index in [0.29, 0.717) is 13.0 Å². The molecule has 17 heavy (non-hydrogen) atoms. The molecule has 0 fully saturated rings. The average molecular weight is 237 g/mol. The molecule has 0 radical (unpaired) electrons. The van der Waals surface area contributed by atoms with Crippen LogP contribution in [-0.4, -0.2) is 23.7 Å². The number of hydrogen-bond donors (Lipinski definition) is 2. The normalized spacial score (nSPS) is 10.3. The first-order chi connectivity index (χ1) is 8.08. The van der Waals surface area contributed by atoms with E-state index in [-0.39, 0.29) is 12.5 Å². The fourth-order valence-corrected chi connectivity index (χ4v) is 1.42. The lowest BCUT2D eigenvalue weighted by atomic mass is 10.2. The molecule has 94 valence electrons. The minimum absolute atomic E-state index is 0.150. The summed E-state index contributed by atoms with van der Waals surface area (Å²) < 4.78 is 5.57. The molecule has 0 aliphatic heterocycles. The molecular formula is C13H19NO3. The fraction of sp³-hybridized carbons (Fsp3) is 0.462. The number of ether oxygens (including phenoxy) is 1. The van der Waals surface area contributed by atoms with Crippen LogP contribution in [0.2, 0.25) is 0 Å². The van der Waals surface area contributed by atoms with Gasteiger partial charge in [0.05, 0.1) is 6.10 Å². The van der Waals surface area contributed by atoms with E-state index in [1.54, 1.807) is 0 Å². The molecule has 0 heterocycles. The highest BCUT2D eigenvalue weighted by atomic mass is 16.5. The maximum Gasteiger partial charge on any atom is 0.303 e. The standard InChI is InChI=1S/C13H19NO3/c1-10(2)17-12-6-3-5-11(9-12)14-8-4-7-13(15)16/h3,5-6,9-10,14H,4,7-8H2,1-2H3,(H,15,16). The first kappa shape index (κ1) is 13.4. The minimum atomic E-state index is -0.760. The van der Waals surface area contributed by atoms with Crippen molar-refractivity contribution < 1.29 is 14.6 Å². The van der Waals surface area contributed by atoms with Gasteiger partial charge in [-0.05, 0) is 32.4 Å². The van der Waals surface area contributed by atoms with Gasteiger partial charge in [0.25, 0.3) is 0 Å². The molecule has 0 amide bonds. The van der Waals surface area contributed by atoms with Gasteiger partial charge in [-0.15, -0.1) is 0 Å². The van der Waals surface area contributed by atoms with Crippen LogP contribution in [0, 0.1) is 0 Å². The summed E-state index contributed by atoms with van der Waals surface area (Å²) in [5, 5.41) is 11.7. The Labute approximate surface area is 102 Å². The maximum absolute atomic E-state index is 10.3. The fourth-order valence-electron chi connectivity index (χ4n) is 1.42. The molecule has 0 aromatic heterocycles. The third-order valence-corrected chi connectivity index (χ3v) is 2.10. The summed E-state index contributed by atoms with van der Waals surface area (Å²) in [5.74, 6) is 0.0620. The monoisotopic (exact) mass is 237 g/mol.